The molecule has 0 fully saturated rings. The first kappa shape index (κ1) is 9.43. The van der Waals surface area contributed by atoms with E-state index < -0.39 is 0 Å². The lowest BCUT2D eigenvalue weighted by atomic mass is 9.98. The molecule has 3 nitrogen and oxygen atoms in total. The lowest BCUT2D eigenvalue weighted by Crippen LogP contribution is -2.22. The van der Waals surface area contributed by atoms with Gasteiger partial charge in [0, 0.05) is 12.5 Å². The van der Waals surface area contributed by atoms with E-state index in [-0.39, 0.29) is 18.4 Å². The highest BCUT2D eigenvalue weighted by molar-refractivity contribution is 5.76. The van der Waals surface area contributed by atoms with Crippen molar-refractivity contribution in [2.24, 2.45) is 11.7 Å². The van der Waals surface area contributed by atoms with Crippen LogP contribution in [-0.4, -0.2) is 17.6 Å². The fourth-order valence-electron chi connectivity index (χ4n) is 0.688. The normalized spacial score (nSPS) is 13.6. The molecule has 1 amide bonds. The molecule has 0 saturated heterocycles. The summed E-state index contributed by atoms with van der Waals surface area (Å²) in [6.45, 7) is 3.60. The summed E-state index contributed by atoms with van der Waals surface area (Å²) in [4.78, 5) is 10.5. The Labute approximate surface area is 61.2 Å². The van der Waals surface area contributed by atoms with E-state index in [1.165, 1.54) is 0 Å². The first-order valence-corrected chi connectivity index (χ1v) is 3.29. The van der Waals surface area contributed by atoms with Gasteiger partial charge in [0.2, 0.25) is 5.91 Å². The number of hydrogen-bond acceptors (Lipinski definition) is 2. The third kappa shape index (κ3) is 3.45. The van der Waals surface area contributed by atoms with Crippen LogP contribution in [0, 0.1) is 11.8 Å². The van der Waals surface area contributed by atoms with E-state index in [4.69, 9.17) is 10.8 Å². The summed E-state index contributed by atoms with van der Waals surface area (Å²) < 4.78 is 0. The van der Waals surface area contributed by atoms with Crippen molar-refractivity contribution in [2.75, 3.05) is 6.61 Å². The number of carbonyl (C=O) groups is 1. The summed E-state index contributed by atoms with van der Waals surface area (Å²) >= 11 is 0. The molecule has 0 spiro atoms. The van der Waals surface area contributed by atoms with Crippen LogP contribution in [0.5, 0.6) is 0 Å². The summed E-state index contributed by atoms with van der Waals surface area (Å²) in [5.74, 6) is 0.422. The highest BCUT2D eigenvalue weighted by atomic mass is 16.3. The number of hydrogen-bond donors (Lipinski definition) is 2. The second-order valence-corrected chi connectivity index (χ2v) is 2.62. The van der Waals surface area contributed by atoms with Crippen molar-refractivity contribution in [3.8, 4) is 0 Å². The van der Waals surface area contributed by atoms with Gasteiger partial charge in [-0.15, -0.1) is 0 Å². The number of aliphatic hydroxyl groups excluding tert-OH is 1. The fourth-order valence-corrected chi connectivity index (χ4v) is 0.688. The summed E-state index contributed by atoms with van der Waals surface area (Å²) in [7, 11) is 0. The van der Waals surface area contributed by atoms with Crippen LogP contribution in [0.2, 0.25) is 0 Å². The number of carbonyl (C=O) groups excluding carboxylic acids is 1. The van der Waals surface area contributed by atoms with E-state index in [9.17, 15) is 4.79 Å². The number of amides is 1. The molecule has 59 valence electrons. The van der Waals surface area contributed by atoms with Gasteiger partial charge in [-0.2, -0.15) is 0 Å². The predicted octanol–water partition coefficient (Wildman–Crippen LogP) is 0.0846. The zero-order valence-corrected chi connectivity index (χ0v) is 6.42. The highest BCUT2D eigenvalue weighted by Gasteiger charge is 2.12. The zero-order valence-electron chi connectivity index (χ0n) is 6.42. The van der Waals surface area contributed by atoms with Gasteiger partial charge < -0.3 is 10.8 Å². The molecule has 0 unspecified atom stereocenters. The maximum atomic E-state index is 10.5. The van der Waals surface area contributed by atoms with E-state index in [2.05, 4.69) is 0 Å². The number of rotatable bonds is 4. The molecule has 0 bridgehead atoms. The molecule has 0 saturated carbocycles. The molecule has 0 aliphatic rings. The Kier molecular flexibility index (Phi) is 4.03. The van der Waals surface area contributed by atoms with Gasteiger partial charge in [-0.1, -0.05) is 13.8 Å². The first-order valence-electron chi connectivity index (χ1n) is 3.29. The number of nitrogens with two attached hydrogens (primary N) is 1. The summed E-state index contributed by atoms with van der Waals surface area (Å²) in [5.41, 5.74) is 5.01. The number of aliphatic hydroxyl groups is 1. The molecule has 0 aliphatic carbocycles. The van der Waals surface area contributed by atoms with Gasteiger partial charge in [0.1, 0.15) is 0 Å². The van der Waals surface area contributed by atoms with Crippen molar-refractivity contribution in [3.05, 3.63) is 5.92 Å². The average molecular weight is 144 g/mol. The molecular formula is C7H14NO2. The Hall–Kier alpha value is -0.570. The smallest absolute Gasteiger partial charge is 0.220 e. The van der Waals surface area contributed by atoms with E-state index in [0.29, 0.717) is 6.42 Å². The van der Waals surface area contributed by atoms with Crippen LogP contribution in [0.4, 0.5) is 0 Å². The summed E-state index contributed by atoms with van der Waals surface area (Å²) in [5, 5.41) is 8.58. The van der Waals surface area contributed by atoms with Gasteiger partial charge in [-0.3, -0.25) is 4.79 Å². The minimum Gasteiger partial charge on any atom is -0.396 e. The molecule has 3 heteroatoms. The van der Waals surface area contributed by atoms with E-state index in [0.717, 1.165) is 5.92 Å². The van der Waals surface area contributed by atoms with Crippen molar-refractivity contribution in [2.45, 2.75) is 20.3 Å². The SMILES string of the molecule is C[C](CO)C[C@@H](C)C(N)=O. The molecule has 0 heterocycles. The predicted molar refractivity (Wildman–Crippen MR) is 39.0 cm³/mol. The van der Waals surface area contributed by atoms with Crippen LogP contribution in [0.15, 0.2) is 0 Å². The van der Waals surface area contributed by atoms with Crippen molar-refractivity contribution < 1.29 is 9.90 Å². The molecule has 3 N–H and O–H groups in total. The fraction of sp³-hybridized carbons (Fsp3) is 0.714. The van der Waals surface area contributed by atoms with Crippen molar-refractivity contribution in [1.29, 1.82) is 0 Å². The maximum Gasteiger partial charge on any atom is 0.220 e. The van der Waals surface area contributed by atoms with Crippen LogP contribution < -0.4 is 5.73 Å². The topological polar surface area (TPSA) is 63.3 Å². The minimum absolute atomic E-state index is 0.0393. The second-order valence-electron chi connectivity index (χ2n) is 2.62. The molecule has 10 heavy (non-hydrogen) atoms. The van der Waals surface area contributed by atoms with Crippen molar-refractivity contribution in [1.82, 2.24) is 0 Å². The lowest BCUT2D eigenvalue weighted by molar-refractivity contribution is -0.121. The van der Waals surface area contributed by atoms with Gasteiger partial charge in [0.05, 0.1) is 0 Å². The largest absolute Gasteiger partial charge is 0.396 e. The third-order valence-corrected chi connectivity index (χ3v) is 1.41. The van der Waals surface area contributed by atoms with Crippen molar-refractivity contribution in [3.63, 3.8) is 0 Å². The van der Waals surface area contributed by atoms with Crippen LogP contribution in [0.1, 0.15) is 20.3 Å². The highest BCUT2D eigenvalue weighted by Crippen LogP contribution is 2.11. The Balaban J connectivity index is 3.56. The standard InChI is InChI=1S/C7H14NO2/c1-5(4-9)3-6(2)7(8)10/h6,9H,3-4H2,1-2H3,(H2,8,10)/t6-/m1/s1. The first-order chi connectivity index (χ1) is 4.57. The third-order valence-electron chi connectivity index (χ3n) is 1.41. The minimum atomic E-state index is -0.312. The Morgan fingerprint density at radius 2 is 2.20 bits per heavy atom. The molecule has 0 rings (SSSR count). The summed E-state index contributed by atoms with van der Waals surface area (Å²) in [6, 6.07) is 0. The van der Waals surface area contributed by atoms with Gasteiger partial charge in [-0.25, -0.2) is 0 Å². The second kappa shape index (κ2) is 4.28. The van der Waals surface area contributed by atoms with E-state index in [1.807, 2.05) is 0 Å². The van der Waals surface area contributed by atoms with E-state index in [1.54, 1.807) is 13.8 Å². The molecule has 1 radical (unpaired) electrons. The van der Waals surface area contributed by atoms with Crippen LogP contribution in [-0.2, 0) is 4.79 Å². The Morgan fingerprint density at radius 3 is 2.50 bits per heavy atom. The van der Waals surface area contributed by atoms with Crippen molar-refractivity contribution >= 4 is 5.91 Å². The van der Waals surface area contributed by atoms with Gasteiger partial charge in [0.15, 0.2) is 0 Å². The van der Waals surface area contributed by atoms with Crippen LogP contribution >= 0.6 is 0 Å². The molecule has 0 aliphatic heterocycles. The molecule has 0 aromatic carbocycles. The van der Waals surface area contributed by atoms with Crippen LogP contribution in [0.3, 0.4) is 0 Å². The van der Waals surface area contributed by atoms with E-state index >= 15 is 0 Å². The lowest BCUT2D eigenvalue weighted by Gasteiger charge is -2.10. The quantitative estimate of drug-likeness (QED) is 0.587. The van der Waals surface area contributed by atoms with Gasteiger partial charge >= 0.3 is 0 Å². The molecular weight excluding hydrogens is 130 g/mol. The molecule has 0 aromatic heterocycles. The Bertz CT molecular complexity index is 114. The molecule has 1 atom stereocenters. The average Bonchev–Trinajstić information content (AvgIpc) is 1.87. The van der Waals surface area contributed by atoms with Gasteiger partial charge in [0.25, 0.3) is 0 Å². The monoisotopic (exact) mass is 144 g/mol. The maximum absolute atomic E-state index is 10.5. The van der Waals surface area contributed by atoms with Crippen LogP contribution in [0.25, 0.3) is 0 Å². The van der Waals surface area contributed by atoms with Gasteiger partial charge in [-0.05, 0) is 12.3 Å². The zero-order chi connectivity index (χ0) is 8.15. The number of primary amides is 1. The molecule has 0 aromatic rings. The Morgan fingerprint density at radius 1 is 1.70 bits per heavy atom. The summed E-state index contributed by atoms with van der Waals surface area (Å²) in [6.07, 6.45) is 0.589.